The molecule has 0 saturated carbocycles. The summed E-state index contributed by atoms with van der Waals surface area (Å²) in [5.74, 6) is 0.222. The Labute approximate surface area is 129 Å². The highest BCUT2D eigenvalue weighted by atomic mass is 32.1. The molecular formula is C17H19NO2S. The molecule has 1 heterocycles. The summed E-state index contributed by atoms with van der Waals surface area (Å²) in [4.78, 5) is 16.1. The van der Waals surface area contributed by atoms with Crippen molar-refractivity contribution in [2.45, 2.75) is 39.0 Å². The van der Waals surface area contributed by atoms with Crippen molar-refractivity contribution in [2.24, 2.45) is 0 Å². The van der Waals surface area contributed by atoms with Crippen molar-refractivity contribution >= 4 is 17.3 Å². The number of fused-ring (bicyclic) bond motifs is 1. The van der Waals surface area contributed by atoms with E-state index < -0.39 is 0 Å². The fourth-order valence-electron chi connectivity index (χ4n) is 3.19. The molecule has 1 aromatic heterocycles. The molecule has 1 atom stereocenters. The van der Waals surface area contributed by atoms with E-state index in [1.165, 1.54) is 22.3 Å². The van der Waals surface area contributed by atoms with E-state index in [9.17, 15) is 4.79 Å². The molecule has 0 fully saturated rings. The summed E-state index contributed by atoms with van der Waals surface area (Å²) in [6.07, 6.45) is 4.42. The van der Waals surface area contributed by atoms with Crippen molar-refractivity contribution in [3.8, 4) is 10.6 Å². The molecule has 0 radical (unpaired) electrons. The Morgan fingerprint density at radius 3 is 3.05 bits per heavy atom. The van der Waals surface area contributed by atoms with Crippen LogP contribution in [0, 0.1) is 6.92 Å². The van der Waals surface area contributed by atoms with Gasteiger partial charge in [-0.05, 0) is 49.3 Å². The summed E-state index contributed by atoms with van der Waals surface area (Å²) >= 11 is 1.67. The number of carbonyl (C=O) groups excluding carboxylic acids is 1. The van der Waals surface area contributed by atoms with E-state index >= 15 is 0 Å². The maximum absolute atomic E-state index is 11.7. The first-order chi connectivity index (χ1) is 10.2. The predicted molar refractivity (Wildman–Crippen MR) is 84.6 cm³/mol. The summed E-state index contributed by atoms with van der Waals surface area (Å²) < 4.78 is 5.08. The van der Waals surface area contributed by atoms with Gasteiger partial charge in [-0.15, -0.1) is 11.3 Å². The lowest BCUT2D eigenvalue weighted by Crippen LogP contribution is -2.08. The number of hydrogen-bond acceptors (Lipinski definition) is 4. The van der Waals surface area contributed by atoms with Crippen LogP contribution in [-0.2, 0) is 16.0 Å². The Bertz CT molecular complexity index is 649. The lowest BCUT2D eigenvalue weighted by atomic mass is 9.94. The van der Waals surface area contributed by atoms with E-state index in [4.69, 9.17) is 4.74 Å². The summed E-state index contributed by atoms with van der Waals surface area (Å²) in [6, 6.07) is 4.33. The topological polar surface area (TPSA) is 39.2 Å². The van der Waals surface area contributed by atoms with Gasteiger partial charge >= 0.3 is 5.97 Å². The average Bonchev–Trinajstić information content (AvgIpc) is 3.10. The number of thiazole rings is 1. The van der Waals surface area contributed by atoms with Crippen molar-refractivity contribution in [3.05, 3.63) is 40.4 Å². The number of hydrogen-bond donors (Lipinski definition) is 0. The highest BCUT2D eigenvalue weighted by Gasteiger charge is 2.27. The van der Waals surface area contributed by atoms with Crippen molar-refractivity contribution in [1.82, 2.24) is 4.98 Å². The Hall–Kier alpha value is -1.68. The van der Waals surface area contributed by atoms with Crippen LogP contribution < -0.4 is 0 Å². The quantitative estimate of drug-likeness (QED) is 0.798. The molecule has 0 saturated heterocycles. The Morgan fingerprint density at radius 2 is 2.33 bits per heavy atom. The van der Waals surface area contributed by atoms with Gasteiger partial charge < -0.3 is 4.74 Å². The summed E-state index contributed by atoms with van der Waals surface area (Å²) in [5, 5.41) is 3.08. The van der Waals surface area contributed by atoms with Crippen molar-refractivity contribution in [3.63, 3.8) is 0 Å². The van der Waals surface area contributed by atoms with E-state index in [0.29, 0.717) is 18.9 Å². The van der Waals surface area contributed by atoms with Crippen LogP contribution >= 0.6 is 11.3 Å². The van der Waals surface area contributed by atoms with Crippen molar-refractivity contribution in [2.75, 3.05) is 6.61 Å². The molecule has 2 aromatic rings. The summed E-state index contributed by atoms with van der Waals surface area (Å²) in [6.45, 7) is 4.48. The van der Waals surface area contributed by atoms with Gasteiger partial charge in [-0.25, -0.2) is 4.98 Å². The fraction of sp³-hybridized carbons (Fsp3) is 0.412. The fourth-order valence-corrected chi connectivity index (χ4v) is 3.91. The van der Waals surface area contributed by atoms with Gasteiger partial charge in [-0.3, -0.25) is 4.79 Å². The Kier molecular flexibility index (Phi) is 4.06. The van der Waals surface area contributed by atoms with E-state index in [1.807, 2.05) is 18.5 Å². The second kappa shape index (κ2) is 5.98. The number of benzene rings is 1. The average molecular weight is 301 g/mol. The highest BCUT2D eigenvalue weighted by Crippen LogP contribution is 2.40. The van der Waals surface area contributed by atoms with E-state index in [-0.39, 0.29) is 5.97 Å². The van der Waals surface area contributed by atoms with Crippen LogP contribution in [0.3, 0.4) is 0 Å². The third kappa shape index (κ3) is 2.72. The molecule has 1 aromatic carbocycles. The van der Waals surface area contributed by atoms with E-state index in [0.717, 1.165) is 17.8 Å². The zero-order valence-electron chi connectivity index (χ0n) is 12.4. The number of esters is 1. The lowest BCUT2D eigenvalue weighted by Gasteiger charge is -2.13. The third-order valence-corrected chi connectivity index (χ3v) is 5.00. The smallest absolute Gasteiger partial charge is 0.306 e. The first-order valence-corrected chi connectivity index (χ1v) is 8.26. The first kappa shape index (κ1) is 14.3. The van der Waals surface area contributed by atoms with Crippen molar-refractivity contribution < 1.29 is 9.53 Å². The molecule has 0 amide bonds. The normalized spacial score (nSPS) is 16.8. The molecule has 0 bridgehead atoms. The number of ether oxygens (including phenoxy) is 1. The molecule has 0 N–H and O–H groups in total. The third-order valence-electron chi connectivity index (χ3n) is 4.20. The molecule has 21 heavy (non-hydrogen) atoms. The minimum absolute atomic E-state index is 0.0861. The number of aromatic nitrogens is 1. The highest BCUT2D eigenvalue weighted by molar-refractivity contribution is 7.13. The zero-order chi connectivity index (χ0) is 14.8. The van der Waals surface area contributed by atoms with Crippen LogP contribution in [0.4, 0.5) is 0 Å². The molecule has 3 nitrogen and oxygen atoms in total. The molecule has 1 aliphatic carbocycles. The van der Waals surface area contributed by atoms with Gasteiger partial charge in [0.05, 0.1) is 13.0 Å². The zero-order valence-corrected chi connectivity index (χ0v) is 13.2. The standard InChI is InChI=1S/C17H19NO2S/c1-3-20-16(19)10-12-4-5-13-11(2)14(6-7-15(12)13)17-18-8-9-21-17/h6-9,12H,3-5,10H2,1-2H3. The van der Waals surface area contributed by atoms with Crippen LogP contribution in [-0.4, -0.2) is 17.6 Å². The maximum atomic E-state index is 11.7. The largest absolute Gasteiger partial charge is 0.466 e. The van der Waals surface area contributed by atoms with E-state index in [1.54, 1.807) is 11.3 Å². The molecule has 0 aliphatic heterocycles. The molecular weight excluding hydrogens is 282 g/mol. The predicted octanol–water partition coefficient (Wildman–Crippen LogP) is 4.10. The van der Waals surface area contributed by atoms with Gasteiger partial charge in [0.25, 0.3) is 0 Å². The van der Waals surface area contributed by atoms with Gasteiger partial charge in [0.1, 0.15) is 5.01 Å². The monoisotopic (exact) mass is 301 g/mol. The first-order valence-electron chi connectivity index (χ1n) is 7.38. The van der Waals surface area contributed by atoms with Crippen molar-refractivity contribution in [1.29, 1.82) is 0 Å². The molecule has 0 spiro atoms. The minimum atomic E-state index is -0.0861. The van der Waals surface area contributed by atoms with Crippen LogP contribution in [0.2, 0.25) is 0 Å². The van der Waals surface area contributed by atoms with Crippen LogP contribution in [0.5, 0.6) is 0 Å². The second-order valence-electron chi connectivity index (χ2n) is 5.39. The van der Waals surface area contributed by atoms with Gasteiger partial charge in [0, 0.05) is 17.1 Å². The Morgan fingerprint density at radius 1 is 1.48 bits per heavy atom. The van der Waals surface area contributed by atoms with Gasteiger partial charge in [-0.1, -0.05) is 12.1 Å². The van der Waals surface area contributed by atoms with E-state index in [2.05, 4.69) is 24.0 Å². The number of carbonyl (C=O) groups is 1. The Balaban J connectivity index is 1.88. The molecule has 3 rings (SSSR count). The molecule has 1 unspecified atom stereocenters. The molecule has 1 aliphatic rings. The maximum Gasteiger partial charge on any atom is 0.306 e. The van der Waals surface area contributed by atoms with Gasteiger partial charge in [0.2, 0.25) is 0 Å². The van der Waals surface area contributed by atoms with Gasteiger partial charge in [-0.2, -0.15) is 0 Å². The summed E-state index contributed by atoms with van der Waals surface area (Å²) in [7, 11) is 0. The SMILES string of the molecule is CCOC(=O)CC1CCc2c1ccc(-c1nccs1)c2C. The van der Waals surface area contributed by atoms with Crippen LogP contribution in [0.15, 0.2) is 23.7 Å². The number of nitrogens with zero attached hydrogens (tertiary/aromatic N) is 1. The van der Waals surface area contributed by atoms with Crippen LogP contribution in [0.1, 0.15) is 42.4 Å². The van der Waals surface area contributed by atoms with Crippen LogP contribution in [0.25, 0.3) is 10.6 Å². The van der Waals surface area contributed by atoms with Gasteiger partial charge in [0.15, 0.2) is 0 Å². The second-order valence-corrected chi connectivity index (χ2v) is 6.28. The molecule has 4 heteroatoms. The minimum Gasteiger partial charge on any atom is -0.466 e. The lowest BCUT2D eigenvalue weighted by molar-refractivity contribution is -0.143. The number of rotatable bonds is 4. The summed E-state index contributed by atoms with van der Waals surface area (Å²) in [5.41, 5.74) is 5.26. The molecule has 110 valence electrons.